The summed E-state index contributed by atoms with van der Waals surface area (Å²) < 4.78 is 5.44. The van der Waals surface area contributed by atoms with Crippen LogP contribution in [0.15, 0.2) is 91.1 Å². The van der Waals surface area contributed by atoms with E-state index in [-0.39, 0.29) is 5.91 Å². The summed E-state index contributed by atoms with van der Waals surface area (Å²) in [6.45, 7) is 4.18. The maximum atomic E-state index is 13.8. The molecular formula is C29H29N5O2. The minimum Gasteiger partial charge on any atom is -0.382 e. The molecule has 1 fully saturated rings. The van der Waals surface area contributed by atoms with Crippen LogP contribution in [-0.2, 0) is 17.8 Å². The maximum Gasteiger partial charge on any atom is 0.258 e. The topological polar surface area (TPSA) is 84.6 Å². The second-order valence-electron chi connectivity index (χ2n) is 8.77. The normalized spacial score (nSPS) is 13.9. The van der Waals surface area contributed by atoms with Crippen LogP contribution in [0.3, 0.4) is 0 Å². The smallest absolute Gasteiger partial charge is 0.258 e. The number of morpholine rings is 1. The van der Waals surface area contributed by atoms with Crippen molar-refractivity contribution >= 4 is 17.4 Å². The van der Waals surface area contributed by atoms with E-state index in [2.05, 4.69) is 9.88 Å². The minimum absolute atomic E-state index is 0.0798. The lowest BCUT2D eigenvalue weighted by Crippen LogP contribution is -2.36. The number of nitrogens with two attached hydrogens (primary N) is 1. The Morgan fingerprint density at radius 3 is 2.42 bits per heavy atom. The van der Waals surface area contributed by atoms with E-state index in [4.69, 9.17) is 15.5 Å². The van der Waals surface area contributed by atoms with Gasteiger partial charge >= 0.3 is 0 Å². The van der Waals surface area contributed by atoms with Crippen molar-refractivity contribution in [3.05, 3.63) is 108 Å². The number of nitrogens with zero attached hydrogens (tertiary/aromatic N) is 4. The fourth-order valence-electron chi connectivity index (χ4n) is 4.28. The lowest BCUT2D eigenvalue weighted by Gasteiger charge is -2.26. The van der Waals surface area contributed by atoms with E-state index in [9.17, 15) is 4.79 Å². The molecule has 0 spiro atoms. The van der Waals surface area contributed by atoms with Crippen molar-refractivity contribution in [2.75, 3.05) is 36.9 Å². The van der Waals surface area contributed by atoms with E-state index in [1.165, 1.54) is 0 Å². The van der Waals surface area contributed by atoms with Crippen LogP contribution in [0.25, 0.3) is 11.3 Å². The second kappa shape index (κ2) is 11.1. The monoisotopic (exact) mass is 479 g/mol. The van der Waals surface area contributed by atoms with E-state index in [0.29, 0.717) is 43.4 Å². The summed E-state index contributed by atoms with van der Waals surface area (Å²) in [6.07, 6.45) is 1.67. The summed E-state index contributed by atoms with van der Waals surface area (Å²) in [5.41, 5.74) is 10.9. The summed E-state index contributed by atoms with van der Waals surface area (Å²) in [6, 6.07) is 27.3. The first-order valence-corrected chi connectivity index (χ1v) is 12.1. The first kappa shape index (κ1) is 23.7. The van der Waals surface area contributed by atoms with E-state index < -0.39 is 0 Å². The van der Waals surface area contributed by atoms with Crippen LogP contribution in [0.5, 0.6) is 0 Å². The van der Waals surface area contributed by atoms with Crippen molar-refractivity contribution in [1.29, 1.82) is 0 Å². The number of para-hydroxylation sites is 1. The van der Waals surface area contributed by atoms with Crippen molar-refractivity contribution in [2.24, 2.45) is 0 Å². The third-order valence-corrected chi connectivity index (χ3v) is 6.26. The lowest BCUT2D eigenvalue weighted by molar-refractivity contribution is 0.0337. The van der Waals surface area contributed by atoms with Gasteiger partial charge in [0, 0.05) is 36.4 Å². The maximum absolute atomic E-state index is 13.8. The molecule has 1 saturated heterocycles. The molecule has 5 rings (SSSR count). The van der Waals surface area contributed by atoms with Crippen LogP contribution in [0, 0.1) is 0 Å². The molecule has 0 atom stereocenters. The Hall–Kier alpha value is -4.07. The number of nitrogen functional groups attached to an aromatic ring is 1. The number of anilines is 2. The third kappa shape index (κ3) is 5.59. The molecule has 182 valence electrons. The Morgan fingerprint density at radius 1 is 0.944 bits per heavy atom. The Morgan fingerprint density at radius 2 is 1.67 bits per heavy atom. The van der Waals surface area contributed by atoms with Crippen LogP contribution >= 0.6 is 0 Å². The highest BCUT2D eigenvalue weighted by Gasteiger charge is 2.20. The summed E-state index contributed by atoms with van der Waals surface area (Å²) in [7, 11) is 0. The number of amides is 1. The van der Waals surface area contributed by atoms with Crippen LogP contribution in [-0.4, -0.2) is 47.1 Å². The SMILES string of the molecule is Nc1ncc(-c2cccc(C(=O)N(Cc3ccccc3)c3ccccc3)c2)nc1CN1CCOCC1. The van der Waals surface area contributed by atoms with E-state index >= 15 is 0 Å². The number of aromatic nitrogens is 2. The Kier molecular flexibility index (Phi) is 7.30. The number of ether oxygens (including phenoxy) is 1. The average molecular weight is 480 g/mol. The van der Waals surface area contributed by atoms with Gasteiger partial charge in [-0.15, -0.1) is 0 Å². The van der Waals surface area contributed by atoms with Crippen molar-refractivity contribution < 1.29 is 9.53 Å². The molecule has 2 N–H and O–H groups in total. The van der Waals surface area contributed by atoms with Crippen molar-refractivity contribution in [3.63, 3.8) is 0 Å². The van der Waals surface area contributed by atoms with Crippen LogP contribution < -0.4 is 10.6 Å². The minimum atomic E-state index is -0.0798. The predicted octanol–water partition coefficient (Wildman–Crippen LogP) is 4.41. The first-order chi connectivity index (χ1) is 17.7. The summed E-state index contributed by atoms with van der Waals surface area (Å²) in [4.78, 5) is 27.0. The second-order valence-corrected chi connectivity index (χ2v) is 8.77. The summed E-state index contributed by atoms with van der Waals surface area (Å²) in [5, 5.41) is 0. The van der Waals surface area contributed by atoms with Gasteiger partial charge in [-0.05, 0) is 29.8 Å². The number of hydrogen-bond donors (Lipinski definition) is 1. The number of benzene rings is 3. The van der Waals surface area contributed by atoms with Crippen LogP contribution in [0.4, 0.5) is 11.5 Å². The highest BCUT2D eigenvalue weighted by molar-refractivity contribution is 6.06. The largest absolute Gasteiger partial charge is 0.382 e. The van der Waals surface area contributed by atoms with E-state index in [0.717, 1.165) is 35.6 Å². The van der Waals surface area contributed by atoms with Gasteiger partial charge < -0.3 is 15.4 Å². The number of hydrogen-bond acceptors (Lipinski definition) is 6. The molecule has 1 aliphatic heterocycles. The molecule has 0 bridgehead atoms. The van der Waals surface area contributed by atoms with Gasteiger partial charge in [-0.1, -0.05) is 60.7 Å². The standard InChI is InChI=1S/C29H29N5O2/c30-28-27(21-33-14-16-36-17-15-33)32-26(19-31-28)23-10-7-11-24(18-23)29(35)34(25-12-5-2-6-13-25)20-22-8-3-1-4-9-22/h1-13,18-19H,14-17,20-21H2,(H2,30,31). The zero-order valence-corrected chi connectivity index (χ0v) is 20.1. The average Bonchev–Trinajstić information content (AvgIpc) is 2.94. The Labute approximate surface area is 211 Å². The van der Waals surface area contributed by atoms with Gasteiger partial charge in [0.25, 0.3) is 5.91 Å². The molecule has 36 heavy (non-hydrogen) atoms. The van der Waals surface area contributed by atoms with E-state index in [1.54, 1.807) is 11.1 Å². The number of carbonyl (C=O) groups is 1. The third-order valence-electron chi connectivity index (χ3n) is 6.26. The van der Waals surface area contributed by atoms with Gasteiger partial charge in [0.15, 0.2) is 0 Å². The van der Waals surface area contributed by atoms with Gasteiger partial charge in [-0.25, -0.2) is 9.97 Å². The van der Waals surface area contributed by atoms with Crippen molar-refractivity contribution in [2.45, 2.75) is 13.1 Å². The van der Waals surface area contributed by atoms with Gasteiger partial charge in [0.2, 0.25) is 0 Å². The molecule has 0 unspecified atom stereocenters. The number of carbonyl (C=O) groups excluding carboxylic acids is 1. The molecular weight excluding hydrogens is 450 g/mol. The number of rotatable bonds is 7. The van der Waals surface area contributed by atoms with Crippen LogP contribution in [0.1, 0.15) is 21.6 Å². The van der Waals surface area contributed by atoms with Gasteiger partial charge in [0.1, 0.15) is 5.82 Å². The fraction of sp³-hybridized carbons (Fsp3) is 0.207. The van der Waals surface area contributed by atoms with E-state index in [1.807, 2.05) is 84.9 Å². The zero-order valence-electron chi connectivity index (χ0n) is 20.1. The highest BCUT2D eigenvalue weighted by Crippen LogP contribution is 2.24. The van der Waals surface area contributed by atoms with Crippen LogP contribution in [0.2, 0.25) is 0 Å². The molecule has 7 heteroatoms. The molecule has 2 heterocycles. The van der Waals surface area contributed by atoms with Crippen molar-refractivity contribution in [3.8, 4) is 11.3 Å². The van der Waals surface area contributed by atoms with Gasteiger partial charge in [-0.3, -0.25) is 9.69 Å². The van der Waals surface area contributed by atoms with Gasteiger partial charge in [0.05, 0.1) is 37.3 Å². The summed E-state index contributed by atoms with van der Waals surface area (Å²) in [5.74, 6) is 0.347. The molecule has 3 aromatic carbocycles. The predicted molar refractivity (Wildman–Crippen MR) is 141 cm³/mol. The molecule has 1 amide bonds. The highest BCUT2D eigenvalue weighted by atomic mass is 16.5. The quantitative estimate of drug-likeness (QED) is 0.423. The fourth-order valence-corrected chi connectivity index (χ4v) is 4.28. The van der Waals surface area contributed by atoms with Crippen molar-refractivity contribution in [1.82, 2.24) is 14.9 Å². The van der Waals surface area contributed by atoms with Gasteiger partial charge in [-0.2, -0.15) is 0 Å². The Bertz CT molecular complexity index is 1310. The molecule has 1 aliphatic rings. The summed E-state index contributed by atoms with van der Waals surface area (Å²) >= 11 is 0. The molecule has 7 nitrogen and oxygen atoms in total. The first-order valence-electron chi connectivity index (χ1n) is 12.1. The molecule has 4 aromatic rings. The molecule has 1 aromatic heterocycles. The zero-order chi connectivity index (χ0) is 24.7. The molecule has 0 aliphatic carbocycles. The Balaban J connectivity index is 1.43. The molecule has 0 radical (unpaired) electrons. The molecule has 0 saturated carbocycles. The lowest BCUT2D eigenvalue weighted by atomic mass is 10.1.